The van der Waals surface area contributed by atoms with Crippen LogP contribution in [0.1, 0.15) is 10.4 Å². The number of carbonyl (C=O) groups excluding carboxylic acids is 1. The Morgan fingerprint density at radius 1 is 0.711 bits per heavy atom. The van der Waals surface area contributed by atoms with Crippen molar-refractivity contribution in [1.82, 2.24) is 0 Å². The quantitative estimate of drug-likeness (QED) is 0.343. The fourth-order valence-electron chi connectivity index (χ4n) is 3.85. The summed E-state index contributed by atoms with van der Waals surface area (Å²) < 4.78 is 48.3. The van der Waals surface area contributed by atoms with Crippen molar-refractivity contribution in [1.29, 1.82) is 0 Å². The molecule has 0 spiro atoms. The molecule has 1 saturated heterocycles. The van der Waals surface area contributed by atoms with Crippen molar-refractivity contribution in [2.24, 2.45) is 0 Å². The number of benzene rings is 2. The highest BCUT2D eigenvalue weighted by atomic mass is 16.7. The zero-order valence-electron chi connectivity index (χ0n) is 21.8. The van der Waals surface area contributed by atoms with Crippen molar-refractivity contribution in [2.75, 3.05) is 49.3 Å². The molecule has 1 heterocycles. The standard InChI is InChI=1S/C25H32O13/c1-30-14-7-12(8-15(31-2)22(14)34-5)24(29)36-11-18-19(26)20(27)21(28)25(38-18)37-13-9-16(32-3)23(35-6)17(10-13)33-4/h7-10,18-21,25-28H,11H2,1-6H3. The number of methoxy groups -OCH3 is 6. The van der Waals surface area contributed by atoms with Crippen molar-refractivity contribution < 1.29 is 62.7 Å². The SMILES string of the molecule is COc1cc(OC2OC(COC(=O)c3cc(OC)c(OC)c(OC)c3)C(O)C(O)C2O)cc(OC)c1OC. The number of esters is 1. The average molecular weight is 541 g/mol. The summed E-state index contributed by atoms with van der Waals surface area (Å²) in [5.41, 5.74) is 0.0793. The summed E-state index contributed by atoms with van der Waals surface area (Å²) >= 11 is 0. The molecule has 2 aromatic carbocycles. The minimum Gasteiger partial charge on any atom is -0.493 e. The molecule has 1 aliphatic heterocycles. The van der Waals surface area contributed by atoms with Gasteiger partial charge in [0.05, 0.1) is 48.2 Å². The molecule has 5 unspecified atom stereocenters. The van der Waals surface area contributed by atoms with Gasteiger partial charge in [-0.25, -0.2) is 4.79 Å². The molecular formula is C25H32O13. The highest BCUT2D eigenvalue weighted by molar-refractivity contribution is 5.91. The van der Waals surface area contributed by atoms with Crippen LogP contribution >= 0.6 is 0 Å². The van der Waals surface area contributed by atoms with Crippen molar-refractivity contribution in [3.05, 3.63) is 29.8 Å². The van der Waals surface area contributed by atoms with E-state index in [2.05, 4.69) is 0 Å². The van der Waals surface area contributed by atoms with E-state index in [9.17, 15) is 20.1 Å². The summed E-state index contributed by atoms with van der Waals surface area (Å²) in [5, 5.41) is 31.3. The molecule has 0 radical (unpaired) electrons. The van der Waals surface area contributed by atoms with E-state index in [1.807, 2.05) is 0 Å². The summed E-state index contributed by atoms with van der Waals surface area (Å²) in [6, 6.07) is 5.73. The van der Waals surface area contributed by atoms with E-state index in [0.717, 1.165) is 0 Å². The second-order valence-corrected chi connectivity index (χ2v) is 8.01. The first-order valence-corrected chi connectivity index (χ1v) is 11.4. The van der Waals surface area contributed by atoms with Gasteiger partial charge in [-0.05, 0) is 12.1 Å². The maximum atomic E-state index is 12.8. The Balaban J connectivity index is 1.76. The Kier molecular flexibility index (Phi) is 9.69. The molecule has 3 N–H and O–H groups in total. The summed E-state index contributed by atoms with van der Waals surface area (Å²) in [6.07, 6.45) is -7.57. The van der Waals surface area contributed by atoms with Crippen LogP contribution in [0.5, 0.6) is 40.2 Å². The zero-order valence-corrected chi connectivity index (χ0v) is 21.8. The zero-order chi connectivity index (χ0) is 28.0. The van der Waals surface area contributed by atoms with Gasteiger partial charge in [-0.1, -0.05) is 0 Å². The lowest BCUT2D eigenvalue weighted by molar-refractivity contribution is -0.277. The van der Waals surface area contributed by atoms with E-state index in [0.29, 0.717) is 11.5 Å². The second kappa shape index (κ2) is 12.7. The fourth-order valence-corrected chi connectivity index (χ4v) is 3.85. The van der Waals surface area contributed by atoms with Crippen molar-refractivity contribution in [3.63, 3.8) is 0 Å². The van der Waals surface area contributed by atoms with Crippen LogP contribution in [0, 0.1) is 0 Å². The molecule has 1 aliphatic rings. The number of rotatable bonds is 11. The maximum Gasteiger partial charge on any atom is 0.338 e. The molecular weight excluding hydrogens is 508 g/mol. The van der Waals surface area contributed by atoms with E-state index in [-0.39, 0.29) is 34.3 Å². The van der Waals surface area contributed by atoms with Crippen LogP contribution in [-0.4, -0.2) is 101 Å². The Bertz CT molecular complexity index is 1050. The third-order valence-corrected chi connectivity index (χ3v) is 5.84. The predicted molar refractivity (Wildman–Crippen MR) is 130 cm³/mol. The first-order valence-electron chi connectivity index (χ1n) is 11.4. The van der Waals surface area contributed by atoms with Crippen molar-refractivity contribution in [2.45, 2.75) is 30.7 Å². The largest absolute Gasteiger partial charge is 0.493 e. The van der Waals surface area contributed by atoms with Crippen LogP contribution in [-0.2, 0) is 9.47 Å². The lowest BCUT2D eigenvalue weighted by Crippen LogP contribution is -2.60. The molecule has 0 bridgehead atoms. The van der Waals surface area contributed by atoms with Gasteiger partial charge in [-0.2, -0.15) is 0 Å². The van der Waals surface area contributed by atoms with Crippen molar-refractivity contribution in [3.8, 4) is 40.2 Å². The molecule has 0 saturated carbocycles. The molecule has 1 fully saturated rings. The van der Waals surface area contributed by atoms with Crippen LogP contribution in [0.3, 0.4) is 0 Å². The molecule has 0 amide bonds. The highest BCUT2D eigenvalue weighted by Gasteiger charge is 2.45. The van der Waals surface area contributed by atoms with Gasteiger partial charge in [0.15, 0.2) is 23.0 Å². The Labute approximate surface area is 219 Å². The molecule has 2 aromatic rings. The number of aliphatic hydroxyl groups excluding tert-OH is 3. The average Bonchev–Trinajstić information content (AvgIpc) is 2.94. The van der Waals surface area contributed by atoms with Gasteiger partial charge in [0.25, 0.3) is 0 Å². The van der Waals surface area contributed by atoms with Crippen LogP contribution in [0.2, 0.25) is 0 Å². The van der Waals surface area contributed by atoms with Crippen LogP contribution in [0.25, 0.3) is 0 Å². The number of aliphatic hydroxyl groups is 3. The summed E-state index contributed by atoms with van der Waals surface area (Å²) in [7, 11) is 8.52. The molecule has 3 rings (SSSR count). The molecule has 38 heavy (non-hydrogen) atoms. The van der Waals surface area contributed by atoms with Gasteiger partial charge in [0.2, 0.25) is 17.8 Å². The van der Waals surface area contributed by atoms with Gasteiger partial charge in [-0.15, -0.1) is 0 Å². The number of carbonyl (C=O) groups is 1. The van der Waals surface area contributed by atoms with Crippen molar-refractivity contribution >= 4 is 5.97 Å². The van der Waals surface area contributed by atoms with Gasteiger partial charge in [0.1, 0.15) is 36.8 Å². The lowest BCUT2D eigenvalue weighted by atomic mass is 9.99. The third-order valence-electron chi connectivity index (χ3n) is 5.84. The smallest absolute Gasteiger partial charge is 0.338 e. The van der Waals surface area contributed by atoms with Crippen LogP contribution in [0.15, 0.2) is 24.3 Å². The summed E-state index contributed by atoms with van der Waals surface area (Å²) in [4.78, 5) is 12.8. The van der Waals surface area contributed by atoms with Gasteiger partial charge in [-0.3, -0.25) is 0 Å². The molecule has 0 aliphatic carbocycles. The van der Waals surface area contributed by atoms with Gasteiger partial charge >= 0.3 is 5.97 Å². The number of ether oxygens (including phenoxy) is 9. The Morgan fingerprint density at radius 3 is 1.63 bits per heavy atom. The summed E-state index contributed by atoms with van der Waals surface area (Å²) in [6.45, 7) is -0.477. The molecule has 13 heteroatoms. The first-order chi connectivity index (χ1) is 18.2. The summed E-state index contributed by atoms with van der Waals surface area (Å²) in [5.74, 6) is 1.02. The van der Waals surface area contributed by atoms with E-state index in [1.165, 1.54) is 66.9 Å². The first kappa shape index (κ1) is 28.9. The maximum absolute atomic E-state index is 12.8. The van der Waals surface area contributed by atoms with E-state index in [1.54, 1.807) is 0 Å². The van der Waals surface area contributed by atoms with Gasteiger partial charge in [0, 0.05) is 12.1 Å². The predicted octanol–water partition coefficient (Wildman–Crippen LogP) is 0.782. The molecule has 0 aromatic heterocycles. The normalized spacial score (nSPS) is 22.7. The number of hydrogen-bond donors (Lipinski definition) is 3. The minimum atomic E-state index is -1.67. The topological polar surface area (TPSA) is 161 Å². The Morgan fingerprint density at radius 2 is 1.18 bits per heavy atom. The molecule has 210 valence electrons. The van der Waals surface area contributed by atoms with E-state index in [4.69, 9.17) is 42.6 Å². The second-order valence-electron chi connectivity index (χ2n) is 8.01. The van der Waals surface area contributed by atoms with Crippen LogP contribution < -0.4 is 33.2 Å². The minimum absolute atomic E-state index is 0.0793. The highest BCUT2D eigenvalue weighted by Crippen LogP contribution is 2.42. The molecule has 13 nitrogen and oxygen atoms in total. The van der Waals surface area contributed by atoms with Gasteiger partial charge < -0.3 is 58.0 Å². The van der Waals surface area contributed by atoms with E-state index >= 15 is 0 Å². The monoisotopic (exact) mass is 540 g/mol. The number of hydrogen-bond acceptors (Lipinski definition) is 13. The lowest BCUT2D eigenvalue weighted by Gasteiger charge is -2.40. The van der Waals surface area contributed by atoms with Crippen LogP contribution in [0.4, 0.5) is 0 Å². The third kappa shape index (κ3) is 5.91. The Hall–Kier alpha value is -3.65. The molecule has 5 atom stereocenters. The fraction of sp³-hybridized carbons (Fsp3) is 0.480. The van der Waals surface area contributed by atoms with E-state index < -0.39 is 43.3 Å².